The maximum absolute atomic E-state index is 14.2. The standard InChI is InChI=1S/C30H26BrCl3N2O7/c1-13-4-5-14(8-19(13)32)36-25(38)17-7-6-16-18(22(17)26(36)39)11-29(33)27(40)35(12-31)28(41)30(29,34)24(16)23-20(37)9-15(42-2)10-21(23)43-3/h4-6,8-10,17-18,22,24,37H,7,11-12H2,1-3H3. The van der Waals surface area contributed by atoms with Gasteiger partial charge in [-0.1, -0.05) is 45.2 Å². The van der Waals surface area contributed by atoms with Crippen molar-refractivity contribution >= 4 is 80.0 Å². The molecule has 3 fully saturated rings. The van der Waals surface area contributed by atoms with Crippen molar-refractivity contribution in [3.05, 3.63) is 58.1 Å². The molecule has 2 saturated heterocycles. The smallest absolute Gasteiger partial charge is 0.254 e. The molecule has 2 aromatic rings. The van der Waals surface area contributed by atoms with Gasteiger partial charge in [0.05, 0.1) is 37.2 Å². The largest absolute Gasteiger partial charge is 0.507 e. The Morgan fingerprint density at radius 1 is 1.02 bits per heavy atom. The molecule has 226 valence electrons. The average Bonchev–Trinajstić information content (AvgIpc) is 3.32. The summed E-state index contributed by atoms with van der Waals surface area (Å²) in [5.41, 5.74) is 1.61. The van der Waals surface area contributed by atoms with Crippen LogP contribution in [0.25, 0.3) is 0 Å². The van der Waals surface area contributed by atoms with E-state index in [0.29, 0.717) is 16.3 Å². The fraction of sp³-hybridized carbons (Fsp3) is 0.400. The number of methoxy groups -OCH3 is 2. The highest BCUT2D eigenvalue weighted by atomic mass is 79.9. The van der Waals surface area contributed by atoms with Crippen molar-refractivity contribution < 1.29 is 33.8 Å². The van der Waals surface area contributed by atoms with Crippen molar-refractivity contribution in [1.29, 1.82) is 0 Å². The van der Waals surface area contributed by atoms with Gasteiger partial charge in [-0.2, -0.15) is 0 Å². The van der Waals surface area contributed by atoms with Gasteiger partial charge in [-0.3, -0.25) is 24.1 Å². The van der Waals surface area contributed by atoms with Crippen LogP contribution in [0.3, 0.4) is 0 Å². The number of benzene rings is 2. The second-order valence-electron chi connectivity index (χ2n) is 11.2. The van der Waals surface area contributed by atoms with Crippen LogP contribution >= 0.6 is 50.7 Å². The highest BCUT2D eigenvalue weighted by molar-refractivity contribution is 9.09. The fourth-order valence-electron chi connectivity index (χ4n) is 7.21. The Labute approximate surface area is 270 Å². The quantitative estimate of drug-likeness (QED) is 0.194. The first-order valence-electron chi connectivity index (χ1n) is 13.4. The summed E-state index contributed by atoms with van der Waals surface area (Å²) in [5, 5.41) is 11.7. The van der Waals surface area contributed by atoms with E-state index in [2.05, 4.69) is 15.9 Å². The minimum absolute atomic E-state index is 0.120. The van der Waals surface area contributed by atoms with Gasteiger partial charge >= 0.3 is 0 Å². The number of phenols is 1. The Morgan fingerprint density at radius 2 is 1.74 bits per heavy atom. The summed E-state index contributed by atoms with van der Waals surface area (Å²) in [5.74, 6) is -5.83. The normalized spacial score (nSPS) is 31.6. The van der Waals surface area contributed by atoms with Crippen molar-refractivity contribution in [3.8, 4) is 17.2 Å². The van der Waals surface area contributed by atoms with Gasteiger partial charge in [0, 0.05) is 28.6 Å². The van der Waals surface area contributed by atoms with Crippen molar-refractivity contribution in [1.82, 2.24) is 4.90 Å². The van der Waals surface area contributed by atoms with E-state index in [-0.39, 0.29) is 41.1 Å². The lowest BCUT2D eigenvalue weighted by molar-refractivity contribution is -0.138. The number of carbonyl (C=O) groups excluding carboxylic acids is 4. The predicted octanol–water partition coefficient (Wildman–Crippen LogP) is 5.29. The van der Waals surface area contributed by atoms with Crippen molar-refractivity contribution in [2.45, 2.75) is 35.4 Å². The third-order valence-corrected chi connectivity index (χ3v) is 11.6. The second-order valence-corrected chi connectivity index (χ2v) is 13.3. The van der Waals surface area contributed by atoms with Crippen LogP contribution in [0.15, 0.2) is 42.0 Å². The number of phenolic OH excluding ortho intramolecular Hbond substituents is 1. The van der Waals surface area contributed by atoms with E-state index >= 15 is 0 Å². The Hall–Kier alpha value is -2.79. The summed E-state index contributed by atoms with van der Waals surface area (Å²) in [6.45, 7) is 1.81. The number of ether oxygens (including phenoxy) is 2. The van der Waals surface area contributed by atoms with E-state index in [1.54, 1.807) is 24.3 Å². The Bertz CT molecular complexity index is 1650. The zero-order valence-corrected chi connectivity index (χ0v) is 27.1. The van der Waals surface area contributed by atoms with Crippen LogP contribution in [0, 0.1) is 24.7 Å². The molecule has 2 aromatic carbocycles. The fourth-order valence-corrected chi connectivity index (χ4v) is 8.79. The van der Waals surface area contributed by atoms with E-state index in [1.165, 1.54) is 26.4 Å². The van der Waals surface area contributed by atoms with Crippen LogP contribution in [0.4, 0.5) is 5.69 Å². The van der Waals surface area contributed by atoms with E-state index < -0.39 is 57.0 Å². The first-order chi connectivity index (χ1) is 20.3. The molecule has 2 heterocycles. The topological polar surface area (TPSA) is 113 Å². The molecule has 6 rings (SSSR count). The number of aromatic hydroxyl groups is 1. The lowest BCUT2D eigenvalue weighted by atomic mass is 9.56. The van der Waals surface area contributed by atoms with Gasteiger partial charge in [0.15, 0.2) is 9.75 Å². The molecular formula is C30H26BrCl3N2O7. The van der Waals surface area contributed by atoms with E-state index in [0.717, 1.165) is 15.4 Å². The number of hydrogen-bond acceptors (Lipinski definition) is 7. The lowest BCUT2D eigenvalue weighted by Crippen LogP contribution is -2.60. The van der Waals surface area contributed by atoms with E-state index in [9.17, 15) is 24.3 Å². The zero-order chi connectivity index (χ0) is 31.2. The number of amides is 4. The SMILES string of the molecule is COc1cc(O)c(C2C3=CCC4C(=O)N(c5ccc(C)c(Cl)c5)C(=O)C4C3CC3(Cl)C(=O)N(CBr)C(=O)C23Cl)c(OC)c1. The molecule has 2 aliphatic heterocycles. The predicted molar refractivity (Wildman–Crippen MR) is 163 cm³/mol. The maximum atomic E-state index is 14.2. The van der Waals surface area contributed by atoms with Gasteiger partial charge in [-0.05, 0) is 43.4 Å². The van der Waals surface area contributed by atoms with Gasteiger partial charge in [-0.15, -0.1) is 23.2 Å². The van der Waals surface area contributed by atoms with Crippen LogP contribution in [-0.4, -0.2) is 63.1 Å². The Kier molecular flexibility index (Phi) is 7.31. The van der Waals surface area contributed by atoms with Gasteiger partial charge in [0.2, 0.25) is 11.8 Å². The number of aryl methyl sites for hydroxylation is 1. The van der Waals surface area contributed by atoms with Crippen LogP contribution in [-0.2, 0) is 19.2 Å². The maximum Gasteiger partial charge on any atom is 0.254 e. The van der Waals surface area contributed by atoms with Crippen molar-refractivity contribution in [2.75, 3.05) is 24.6 Å². The molecule has 0 bridgehead atoms. The summed E-state index contributed by atoms with van der Waals surface area (Å²) in [6.07, 6.45) is 1.77. The van der Waals surface area contributed by atoms with Crippen LogP contribution in [0.5, 0.6) is 17.2 Å². The van der Waals surface area contributed by atoms with Crippen molar-refractivity contribution in [3.63, 3.8) is 0 Å². The average molecular weight is 713 g/mol. The van der Waals surface area contributed by atoms with Crippen LogP contribution in [0.2, 0.25) is 5.02 Å². The Morgan fingerprint density at radius 3 is 2.37 bits per heavy atom. The summed E-state index contributed by atoms with van der Waals surface area (Å²) >= 11 is 24.1. The first kappa shape index (κ1) is 30.2. The Balaban J connectivity index is 1.56. The van der Waals surface area contributed by atoms with Gasteiger partial charge in [0.25, 0.3) is 11.8 Å². The molecule has 9 nitrogen and oxygen atoms in total. The zero-order valence-electron chi connectivity index (χ0n) is 23.2. The molecule has 43 heavy (non-hydrogen) atoms. The monoisotopic (exact) mass is 710 g/mol. The molecule has 6 unspecified atom stereocenters. The number of likely N-dealkylation sites (tertiary alicyclic amines) is 1. The molecule has 1 N–H and O–H groups in total. The third kappa shape index (κ3) is 3.95. The number of alkyl halides is 3. The molecular weight excluding hydrogens is 687 g/mol. The minimum atomic E-state index is -2.09. The summed E-state index contributed by atoms with van der Waals surface area (Å²) in [7, 11) is 2.80. The summed E-state index contributed by atoms with van der Waals surface area (Å²) in [4.78, 5) is 53.7. The number of nitrogens with zero attached hydrogens (tertiary/aromatic N) is 2. The van der Waals surface area contributed by atoms with Gasteiger partial charge in [-0.25, -0.2) is 4.90 Å². The molecule has 2 aliphatic carbocycles. The highest BCUT2D eigenvalue weighted by Crippen LogP contribution is 2.67. The molecule has 6 atom stereocenters. The number of carbonyl (C=O) groups is 4. The van der Waals surface area contributed by atoms with E-state index in [4.69, 9.17) is 44.3 Å². The number of rotatable bonds is 5. The first-order valence-corrected chi connectivity index (χ1v) is 15.7. The molecule has 0 aromatic heterocycles. The lowest BCUT2D eigenvalue weighted by Gasteiger charge is -2.51. The number of hydrogen-bond donors (Lipinski definition) is 1. The number of anilines is 1. The van der Waals surface area contributed by atoms with E-state index in [1.807, 2.05) is 6.92 Å². The molecule has 0 radical (unpaired) electrons. The number of halogens is 4. The second kappa shape index (κ2) is 10.4. The summed E-state index contributed by atoms with van der Waals surface area (Å²) < 4.78 is 10.9. The number of fused-ring (bicyclic) bond motifs is 4. The molecule has 4 amide bonds. The van der Waals surface area contributed by atoms with Gasteiger partial charge in [0.1, 0.15) is 17.2 Å². The molecule has 13 heteroatoms. The molecule has 4 aliphatic rings. The minimum Gasteiger partial charge on any atom is -0.507 e. The third-order valence-electron chi connectivity index (χ3n) is 9.27. The molecule has 1 saturated carbocycles. The van der Waals surface area contributed by atoms with Gasteiger partial charge < -0.3 is 14.6 Å². The van der Waals surface area contributed by atoms with Crippen LogP contribution in [0.1, 0.15) is 29.9 Å². The number of allylic oxidation sites excluding steroid dienone is 2. The molecule has 0 spiro atoms. The highest BCUT2D eigenvalue weighted by Gasteiger charge is 2.76. The number of imide groups is 2. The summed E-state index contributed by atoms with van der Waals surface area (Å²) in [6, 6.07) is 7.83. The van der Waals surface area contributed by atoms with Crippen molar-refractivity contribution in [2.24, 2.45) is 17.8 Å². The van der Waals surface area contributed by atoms with Crippen LogP contribution < -0.4 is 14.4 Å².